The molecule has 0 spiro atoms. The molecule has 1 atom stereocenters. The third-order valence-corrected chi connectivity index (χ3v) is 3.99. The van der Waals surface area contributed by atoms with Crippen molar-refractivity contribution in [2.24, 2.45) is 0 Å². The van der Waals surface area contributed by atoms with Crippen molar-refractivity contribution < 1.29 is 4.74 Å². The normalized spacial score (nSPS) is 12.7. The van der Waals surface area contributed by atoms with E-state index in [9.17, 15) is 0 Å². The number of aromatic nitrogens is 1. The molecule has 1 N–H and O–H groups in total. The number of hydrogen-bond acceptors (Lipinski definition) is 4. The molecular formula is C16H22N2OS. The number of aryl methyl sites for hydroxylation is 1. The van der Waals surface area contributed by atoms with E-state index in [1.165, 1.54) is 10.4 Å². The largest absolute Gasteiger partial charge is 0.491 e. The topological polar surface area (TPSA) is 34.2 Å². The first-order valence-electron chi connectivity index (χ1n) is 6.96. The number of ether oxygens (including phenoxy) is 1. The van der Waals surface area contributed by atoms with Gasteiger partial charge in [-0.3, -0.25) is 0 Å². The van der Waals surface area contributed by atoms with Crippen LogP contribution < -0.4 is 10.1 Å². The Bertz CT molecular complexity index is 551. The molecule has 108 valence electrons. The third kappa shape index (κ3) is 4.32. The molecule has 2 aromatic rings. The average molecular weight is 290 g/mol. The molecule has 0 saturated carbocycles. The van der Waals surface area contributed by atoms with Crippen molar-refractivity contribution in [2.75, 3.05) is 0 Å². The molecule has 4 heteroatoms. The van der Waals surface area contributed by atoms with Gasteiger partial charge in [0, 0.05) is 17.6 Å². The minimum atomic E-state index is 0.204. The van der Waals surface area contributed by atoms with E-state index in [1.54, 1.807) is 11.3 Å². The maximum absolute atomic E-state index is 5.71. The predicted molar refractivity (Wildman–Crippen MR) is 84.3 cm³/mol. The molecule has 0 aliphatic rings. The summed E-state index contributed by atoms with van der Waals surface area (Å²) >= 11 is 1.74. The van der Waals surface area contributed by atoms with Gasteiger partial charge in [-0.15, -0.1) is 11.3 Å². The van der Waals surface area contributed by atoms with Crippen LogP contribution in [-0.4, -0.2) is 11.1 Å². The van der Waals surface area contributed by atoms with E-state index >= 15 is 0 Å². The van der Waals surface area contributed by atoms with E-state index in [0.29, 0.717) is 0 Å². The molecule has 0 aliphatic heterocycles. The van der Waals surface area contributed by atoms with E-state index < -0.39 is 0 Å². The van der Waals surface area contributed by atoms with E-state index in [1.807, 2.05) is 32.2 Å². The van der Waals surface area contributed by atoms with Crippen LogP contribution in [0, 0.1) is 6.92 Å². The molecule has 0 aliphatic carbocycles. The lowest BCUT2D eigenvalue weighted by Crippen LogP contribution is -2.18. The molecule has 1 aromatic carbocycles. The van der Waals surface area contributed by atoms with Gasteiger partial charge in [-0.25, -0.2) is 4.98 Å². The van der Waals surface area contributed by atoms with Gasteiger partial charge in [0.15, 0.2) is 0 Å². The molecular weight excluding hydrogens is 268 g/mol. The Hall–Kier alpha value is -1.39. The van der Waals surface area contributed by atoms with Crippen LogP contribution in [0.15, 0.2) is 30.5 Å². The van der Waals surface area contributed by atoms with Crippen LogP contribution in [0.1, 0.15) is 42.3 Å². The lowest BCUT2D eigenvalue weighted by atomic mass is 10.2. The van der Waals surface area contributed by atoms with Gasteiger partial charge in [-0.05, 0) is 45.4 Å². The van der Waals surface area contributed by atoms with Crippen molar-refractivity contribution >= 4 is 11.3 Å². The maximum atomic E-state index is 5.71. The Balaban J connectivity index is 1.93. The molecule has 1 heterocycles. The van der Waals surface area contributed by atoms with Crippen LogP contribution >= 0.6 is 11.3 Å². The van der Waals surface area contributed by atoms with Crippen molar-refractivity contribution in [3.8, 4) is 5.75 Å². The second-order valence-corrected chi connectivity index (χ2v) is 6.49. The summed E-state index contributed by atoms with van der Waals surface area (Å²) in [6, 6.07) is 8.50. The Labute approximate surface area is 125 Å². The van der Waals surface area contributed by atoms with Crippen LogP contribution in [-0.2, 0) is 6.54 Å². The van der Waals surface area contributed by atoms with Crippen LogP contribution in [0.3, 0.4) is 0 Å². The summed E-state index contributed by atoms with van der Waals surface area (Å²) in [5, 5.41) is 4.64. The lowest BCUT2D eigenvalue weighted by Gasteiger charge is -2.13. The monoisotopic (exact) mass is 290 g/mol. The molecule has 0 fully saturated rings. The number of nitrogens with one attached hydrogen (secondary N) is 1. The van der Waals surface area contributed by atoms with Crippen molar-refractivity contribution in [3.63, 3.8) is 0 Å². The smallest absolute Gasteiger partial charge is 0.120 e. The molecule has 1 aromatic heterocycles. The zero-order valence-electron chi connectivity index (χ0n) is 12.5. The second-order valence-electron chi connectivity index (χ2n) is 5.23. The van der Waals surface area contributed by atoms with Crippen LogP contribution in [0.5, 0.6) is 5.75 Å². The number of rotatable bonds is 6. The highest BCUT2D eigenvalue weighted by Gasteiger charge is 2.09. The minimum absolute atomic E-state index is 0.204. The molecule has 0 radical (unpaired) electrons. The first-order valence-corrected chi connectivity index (χ1v) is 7.77. The number of nitrogens with zero attached hydrogens (tertiary/aromatic N) is 1. The van der Waals surface area contributed by atoms with Crippen molar-refractivity contribution in [1.82, 2.24) is 10.3 Å². The summed E-state index contributed by atoms with van der Waals surface area (Å²) in [4.78, 5) is 5.67. The first-order chi connectivity index (χ1) is 9.54. The fourth-order valence-electron chi connectivity index (χ4n) is 1.93. The van der Waals surface area contributed by atoms with E-state index in [-0.39, 0.29) is 12.1 Å². The summed E-state index contributed by atoms with van der Waals surface area (Å²) in [6.07, 6.45) is 2.13. The quantitative estimate of drug-likeness (QED) is 0.870. The number of thiazole rings is 1. The highest BCUT2D eigenvalue weighted by atomic mass is 32.1. The molecule has 1 unspecified atom stereocenters. The standard InChI is InChI=1S/C16H22N2OS/c1-11(2)19-15-7-5-6-14(8-15)10-17-13(4)16-18-9-12(3)20-16/h5-9,11,13,17H,10H2,1-4H3. The average Bonchev–Trinajstić information content (AvgIpc) is 2.82. The third-order valence-electron chi connectivity index (χ3n) is 2.89. The van der Waals surface area contributed by atoms with Crippen LogP contribution in [0.2, 0.25) is 0 Å². The zero-order chi connectivity index (χ0) is 14.5. The van der Waals surface area contributed by atoms with E-state index in [4.69, 9.17) is 4.74 Å². The fourth-order valence-corrected chi connectivity index (χ4v) is 2.73. The Morgan fingerprint density at radius 1 is 1.30 bits per heavy atom. The van der Waals surface area contributed by atoms with Gasteiger partial charge in [-0.1, -0.05) is 12.1 Å². The van der Waals surface area contributed by atoms with Gasteiger partial charge in [0.2, 0.25) is 0 Å². The van der Waals surface area contributed by atoms with Gasteiger partial charge in [-0.2, -0.15) is 0 Å². The Kier molecular flexibility index (Phi) is 5.15. The predicted octanol–water partition coefficient (Wildman–Crippen LogP) is 4.09. The molecule has 0 amide bonds. The highest BCUT2D eigenvalue weighted by molar-refractivity contribution is 7.11. The van der Waals surface area contributed by atoms with E-state index in [0.717, 1.165) is 17.3 Å². The second kappa shape index (κ2) is 6.86. The Morgan fingerprint density at radius 2 is 2.10 bits per heavy atom. The summed E-state index contributed by atoms with van der Waals surface area (Å²) in [7, 11) is 0. The summed E-state index contributed by atoms with van der Waals surface area (Å²) in [6.45, 7) is 9.12. The van der Waals surface area contributed by atoms with Gasteiger partial charge in [0.05, 0.1) is 12.1 Å². The van der Waals surface area contributed by atoms with E-state index in [2.05, 4.69) is 36.3 Å². The lowest BCUT2D eigenvalue weighted by molar-refractivity contribution is 0.242. The number of benzene rings is 1. The maximum Gasteiger partial charge on any atom is 0.120 e. The summed E-state index contributed by atoms with van der Waals surface area (Å²) in [5.41, 5.74) is 1.23. The highest BCUT2D eigenvalue weighted by Crippen LogP contribution is 2.20. The van der Waals surface area contributed by atoms with Gasteiger partial charge >= 0.3 is 0 Å². The van der Waals surface area contributed by atoms with Crippen molar-refractivity contribution in [2.45, 2.75) is 46.4 Å². The van der Waals surface area contributed by atoms with Crippen LogP contribution in [0.25, 0.3) is 0 Å². The summed E-state index contributed by atoms with van der Waals surface area (Å²) < 4.78 is 5.71. The molecule has 3 nitrogen and oxygen atoms in total. The van der Waals surface area contributed by atoms with Gasteiger partial charge in [0.25, 0.3) is 0 Å². The minimum Gasteiger partial charge on any atom is -0.491 e. The fraction of sp³-hybridized carbons (Fsp3) is 0.438. The SMILES string of the molecule is Cc1cnc(C(C)NCc2cccc(OC(C)C)c2)s1. The van der Waals surface area contributed by atoms with Crippen molar-refractivity contribution in [3.05, 3.63) is 45.9 Å². The van der Waals surface area contributed by atoms with Gasteiger partial charge in [0.1, 0.15) is 10.8 Å². The zero-order valence-corrected chi connectivity index (χ0v) is 13.3. The van der Waals surface area contributed by atoms with Gasteiger partial charge < -0.3 is 10.1 Å². The molecule has 0 saturated heterocycles. The molecule has 2 rings (SSSR count). The molecule has 0 bridgehead atoms. The van der Waals surface area contributed by atoms with Crippen molar-refractivity contribution in [1.29, 1.82) is 0 Å². The summed E-state index contributed by atoms with van der Waals surface area (Å²) in [5.74, 6) is 0.928. The first kappa shape index (κ1) is 15.0. The van der Waals surface area contributed by atoms with Crippen LogP contribution in [0.4, 0.5) is 0 Å². The Morgan fingerprint density at radius 3 is 2.75 bits per heavy atom. The number of hydrogen-bond donors (Lipinski definition) is 1. The molecule has 20 heavy (non-hydrogen) atoms.